The van der Waals surface area contributed by atoms with E-state index >= 15 is 0 Å². The van der Waals surface area contributed by atoms with Gasteiger partial charge in [0.25, 0.3) is 0 Å². The number of nitrogens with zero attached hydrogens (tertiary/aromatic N) is 1. The van der Waals surface area contributed by atoms with Crippen LogP contribution < -0.4 is 15.4 Å². The Bertz CT molecular complexity index is 473. The van der Waals surface area contributed by atoms with E-state index in [1.807, 2.05) is 20.8 Å². The summed E-state index contributed by atoms with van der Waals surface area (Å²) in [6.07, 6.45) is 0. The predicted octanol–water partition coefficient (Wildman–Crippen LogP) is 3.11. The predicted molar refractivity (Wildman–Crippen MR) is 86.1 cm³/mol. The number of benzene rings is 1. The largest absolute Gasteiger partial charge is 0.495 e. The van der Waals surface area contributed by atoms with Gasteiger partial charge in [-0.15, -0.1) is 12.4 Å². The molecule has 4 nitrogen and oxygen atoms in total. The molecule has 1 amide bonds. The van der Waals surface area contributed by atoms with Gasteiger partial charge in [0, 0.05) is 12.7 Å². The molecule has 0 bridgehead atoms. The second kappa shape index (κ2) is 7.16. The molecule has 1 rings (SSSR count). The maximum Gasteiger partial charge on any atom is 0.244 e. The molecule has 1 aromatic carbocycles. The minimum absolute atomic E-state index is 0. The highest BCUT2D eigenvalue weighted by atomic mass is 35.5. The molecule has 2 N–H and O–H groups in total. The quantitative estimate of drug-likeness (QED) is 0.931. The summed E-state index contributed by atoms with van der Waals surface area (Å²) in [7, 11) is 3.23. The van der Waals surface area contributed by atoms with Crippen molar-refractivity contribution in [2.45, 2.75) is 26.8 Å². The van der Waals surface area contributed by atoms with Crippen LogP contribution in [-0.2, 0) is 4.79 Å². The number of methoxy groups -OCH3 is 1. The first-order chi connectivity index (χ1) is 8.68. The monoisotopic (exact) mass is 320 g/mol. The van der Waals surface area contributed by atoms with Crippen LogP contribution in [0.25, 0.3) is 0 Å². The first kappa shape index (κ1) is 19.0. The summed E-state index contributed by atoms with van der Waals surface area (Å²) in [4.78, 5) is 13.8. The van der Waals surface area contributed by atoms with E-state index in [9.17, 15) is 4.79 Å². The number of halogens is 2. The summed E-state index contributed by atoms with van der Waals surface area (Å²) < 4.78 is 5.08. The highest BCUT2D eigenvalue weighted by molar-refractivity contribution is 6.32. The fraction of sp³-hybridized carbons (Fsp3) is 0.500. The highest BCUT2D eigenvalue weighted by Crippen LogP contribution is 2.29. The summed E-state index contributed by atoms with van der Waals surface area (Å²) in [5.41, 5.74) is 6.38. The van der Waals surface area contributed by atoms with Gasteiger partial charge in [0.15, 0.2) is 0 Å². The SMILES string of the molecule is COc1ccc(N(C)C(=O)[C@@H](N)C(C)(C)C)cc1Cl.Cl. The Kier molecular flexibility index (Phi) is 6.81. The Morgan fingerprint density at radius 2 is 1.95 bits per heavy atom. The van der Waals surface area contributed by atoms with Crippen molar-refractivity contribution in [2.24, 2.45) is 11.1 Å². The standard InChI is InChI=1S/C14H21ClN2O2.ClH/c1-14(2,3)12(16)13(18)17(4)9-6-7-11(19-5)10(15)8-9;/h6-8,12H,16H2,1-5H3;1H/t12-;/m1./s1. The zero-order valence-electron chi connectivity index (χ0n) is 12.4. The van der Waals surface area contributed by atoms with Crippen LogP contribution in [-0.4, -0.2) is 26.1 Å². The van der Waals surface area contributed by atoms with Crippen LogP contribution in [0.3, 0.4) is 0 Å². The minimum atomic E-state index is -0.571. The molecule has 0 aliphatic heterocycles. The molecule has 6 heteroatoms. The van der Waals surface area contributed by atoms with Crippen LogP contribution in [0.4, 0.5) is 5.69 Å². The summed E-state index contributed by atoms with van der Waals surface area (Å²) in [6, 6.07) is 4.62. The molecule has 1 aromatic rings. The van der Waals surface area contributed by atoms with Gasteiger partial charge in [0.05, 0.1) is 18.2 Å². The van der Waals surface area contributed by atoms with E-state index in [1.165, 1.54) is 4.90 Å². The van der Waals surface area contributed by atoms with Gasteiger partial charge >= 0.3 is 0 Å². The van der Waals surface area contributed by atoms with Crippen molar-refractivity contribution in [3.63, 3.8) is 0 Å². The molecular weight excluding hydrogens is 299 g/mol. The van der Waals surface area contributed by atoms with E-state index in [0.29, 0.717) is 16.5 Å². The Morgan fingerprint density at radius 1 is 1.40 bits per heavy atom. The van der Waals surface area contributed by atoms with Gasteiger partial charge in [0.1, 0.15) is 5.75 Å². The van der Waals surface area contributed by atoms with Crippen LogP contribution in [0.1, 0.15) is 20.8 Å². The Labute approximate surface area is 131 Å². The first-order valence-corrected chi connectivity index (χ1v) is 6.43. The number of amides is 1. The number of carbonyl (C=O) groups excluding carboxylic acids is 1. The summed E-state index contributed by atoms with van der Waals surface area (Å²) in [6.45, 7) is 5.80. The van der Waals surface area contributed by atoms with Crippen molar-refractivity contribution < 1.29 is 9.53 Å². The van der Waals surface area contributed by atoms with Crippen LogP contribution in [0.2, 0.25) is 5.02 Å². The Hall–Kier alpha value is -0.970. The van der Waals surface area contributed by atoms with Gasteiger partial charge < -0.3 is 15.4 Å². The van der Waals surface area contributed by atoms with Crippen molar-refractivity contribution in [3.8, 4) is 5.75 Å². The molecule has 0 saturated carbocycles. The summed E-state index contributed by atoms with van der Waals surface area (Å²) in [5.74, 6) is 0.431. The van der Waals surface area contributed by atoms with Gasteiger partial charge in [-0.2, -0.15) is 0 Å². The zero-order valence-corrected chi connectivity index (χ0v) is 14.0. The van der Waals surface area contributed by atoms with E-state index in [4.69, 9.17) is 22.1 Å². The lowest BCUT2D eigenvalue weighted by Gasteiger charge is -2.30. The lowest BCUT2D eigenvalue weighted by atomic mass is 9.86. The number of ether oxygens (including phenoxy) is 1. The molecule has 0 radical (unpaired) electrons. The topological polar surface area (TPSA) is 55.6 Å². The summed E-state index contributed by atoms with van der Waals surface area (Å²) >= 11 is 6.05. The van der Waals surface area contributed by atoms with E-state index in [0.717, 1.165) is 0 Å². The van der Waals surface area contributed by atoms with Gasteiger partial charge in [0.2, 0.25) is 5.91 Å². The molecule has 114 valence electrons. The number of anilines is 1. The van der Waals surface area contributed by atoms with Crippen LogP contribution in [0.5, 0.6) is 5.75 Å². The number of hydrogen-bond acceptors (Lipinski definition) is 3. The van der Waals surface area contributed by atoms with E-state index in [2.05, 4.69) is 0 Å². The fourth-order valence-electron chi connectivity index (χ4n) is 1.57. The molecule has 0 saturated heterocycles. The van der Waals surface area contributed by atoms with Gasteiger partial charge in [-0.25, -0.2) is 0 Å². The van der Waals surface area contributed by atoms with Gasteiger partial charge in [-0.05, 0) is 23.6 Å². The molecule has 0 aliphatic carbocycles. The van der Waals surface area contributed by atoms with Gasteiger partial charge in [-0.3, -0.25) is 4.79 Å². The molecule has 0 aromatic heterocycles. The Morgan fingerprint density at radius 3 is 2.35 bits per heavy atom. The number of likely N-dealkylation sites (N-methyl/N-ethyl adjacent to an activating group) is 1. The van der Waals surface area contributed by atoms with Crippen molar-refractivity contribution in [1.29, 1.82) is 0 Å². The van der Waals surface area contributed by atoms with E-state index < -0.39 is 6.04 Å². The number of rotatable bonds is 3. The van der Waals surface area contributed by atoms with Crippen molar-refractivity contribution in [3.05, 3.63) is 23.2 Å². The number of hydrogen-bond donors (Lipinski definition) is 1. The second-order valence-corrected chi connectivity index (χ2v) is 5.97. The summed E-state index contributed by atoms with van der Waals surface area (Å²) in [5, 5.41) is 0.462. The lowest BCUT2D eigenvalue weighted by Crippen LogP contribution is -2.49. The van der Waals surface area contributed by atoms with E-state index in [1.54, 1.807) is 32.4 Å². The Balaban J connectivity index is 0.00000361. The van der Waals surface area contributed by atoms with Crippen molar-refractivity contribution >= 4 is 35.6 Å². The molecule has 0 aliphatic rings. The molecule has 20 heavy (non-hydrogen) atoms. The second-order valence-electron chi connectivity index (χ2n) is 5.56. The van der Waals surface area contributed by atoms with Crippen LogP contribution >= 0.6 is 24.0 Å². The average Bonchev–Trinajstić information content (AvgIpc) is 2.34. The third-order valence-corrected chi connectivity index (χ3v) is 3.35. The lowest BCUT2D eigenvalue weighted by molar-refractivity contribution is -0.121. The molecule has 0 heterocycles. The normalized spacial score (nSPS) is 12.3. The van der Waals surface area contributed by atoms with Crippen LogP contribution in [0, 0.1) is 5.41 Å². The number of carbonyl (C=O) groups is 1. The third-order valence-electron chi connectivity index (χ3n) is 3.05. The average molecular weight is 321 g/mol. The van der Waals surface area contributed by atoms with E-state index in [-0.39, 0.29) is 23.7 Å². The molecule has 0 fully saturated rings. The molecular formula is C14H22Cl2N2O2. The minimum Gasteiger partial charge on any atom is -0.495 e. The molecule has 1 atom stereocenters. The first-order valence-electron chi connectivity index (χ1n) is 6.05. The molecule has 0 spiro atoms. The number of nitrogens with two attached hydrogens (primary N) is 1. The van der Waals surface area contributed by atoms with Gasteiger partial charge in [-0.1, -0.05) is 32.4 Å². The molecule has 0 unspecified atom stereocenters. The highest BCUT2D eigenvalue weighted by Gasteiger charge is 2.30. The zero-order chi connectivity index (χ0) is 14.8. The fourth-order valence-corrected chi connectivity index (χ4v) is 1.82. The maximum atomic E-state index is 12.3. The maximum absolute atomic E-state index is 12.3. The van der Waals surface area contributed by atoms with Crippen molar-refractivity contribution in [1.82, 2.24) is 0 Å². The third kappa shape index (κ3) is 4.27. The smallest absolute Gasteiger partial charge is 0.244 e. The van der Waals surface area contributed by atoms with Crippen LogP contribution in [0.15, 0.2) is 18.2 Å². The van der Waals surface area contributed by atoms with Crippen molar-refractivity contribution in [2.75, 3.05) is 19.1 Å².